The number of likely N-dealkylation sites (N-methyl/N-ethyl adjacent to an activating group) is 1. The monoisotopic (exact) mass is 395 g/mol. The SMILES string of the molecule is CNc1nc(Nc2ccc(OCC(O)CN(C)C)cc2)ncc1Br. The zero-order valence-corrected chi connectivity index (χ0v) is 15.5. The zero-order valence-electron chi connectivity index (χ0n) is 14.0. The van der Waals surface area contributed by atoms with Gasteiger partial charge in [-0.2, -0.15) is 4.98 Å². The smallest absolute Gasteiger partial charge is 0.229 e. The molecule has 0 radical (unpaired) electrons. The highest BCUT2D eigenvalue weighted by Crippen LogP contribution is 2.22. The molecular formula is C16H22BrN5O2. The van der Waals surface area contributed by atoms with E-state index in [0.29, 0.717) is 24.1 Å². The molecule has 24 heavy (non-hydrogen) atoms. The van der Waals surface area contributed by atoms with Crippen LogP contribution < -0.4 is 15.4 Å². The zero-order chi connectivity index (χ0) is 17.5. The van der Waals surface area contributed by atoms with Crippen LogP contribution in [0.3, 0.4) is 0 Å². The lowest BCUT2D eigenvalue weighted by atomic mass is 10.3. The van der Waals surface area contributed by atoms with Crippen molar-refractivity contribution in [2.45, 2.75) is 6.10 Å². The minimum atomic E-state index is -0.520. The topological polar surface area (TPSA) is 82.5 Å². The van der Waals surface area contributed by atoms with E-state index in [9.17, 15) is 5.11 Å². The Bertz CT molecular complexity index is 651. The van der Waals surface area contributed by atoms with E-state index in [1.165, 1.54) is 0 Å². The second kappa shape index (κ2) is 8.81. The van der Waals surface area contributed by atoms with Gasteiger partial charge in [0.25, 0.3) is 0 Å². The van der Waals surface area contributed by atoms with Crippen LogP contribution in [0.5, 0.6) is 5.75 Å². The Balaban J connectivity index is 1.92. The van der Waals surface area contributed by atoms with Crippen LogP contribution in [0, 0.1) is 0 Å². The van der Waals surface area contributed by atoms with Gasteiger partial charge in [0.05, 0.1) is 4.47 Å². The fraction of sp³-hybridized carbons (Fsp3) is 0.375. The standard InChI is InChI=1S/C16H22BrN5O2/c1-18-15-14(17)8-19-16(21-15)20-11-4-6-13(7-5-11)24-10-12(23)9-22(2)3/h4-8,12,23H,9-10H2,1-3H3,(H2,18,19,20,21). The summed E-state index contributed by atoms with van der Waals surface area (Å²) in [7, 11) is 5.62. The molecule has 7 nitrogen and oxygen atoms in total. The van der Waals surface area contributed by atoms with Crippen molar-refractivity contribution in [2.75, 3.05) is 44.9 Å². The van der Waals surface area contributed by atoms with Gasteiger partial charge in [0.15, 0.2) is 0 Å². The molecule has 0 amide bonds. The summed E-state index contributed by atoms with van der Waals surface area (Å²) in [4.78, 5) is 10.5. The molecule has 1 unspecified atom stereocenters. The lowest BCUT2D eigenvalue weighted by molar-refractivity contribution is 0.0831. The van der Waals surface area contributed by atoms with Gasteiger partial charge < -0.3 is 25.4 Å². The molecule has 0 saturated heterocycles. The van der Waals surface area contributed by atoms with Crippen molar-refractivity contribution in [1.82, 2.24) is 14.9 Å². The second-order valence-corrected chi connectivity index (χ2v) is 6.37. The second-order valence-electron chi connectivity index (χ2n) is 5.52. The van der Waals surface area contributed by atoms with E-state index in [0.717, 1.165) is 10.2 Å². The van der Waals surface area contributed by atoms with E-state index in [1.54, 1.807) is 13.2 Å². The quantitative estimate of drug-likeness (QED) is 0.632. The van der Waals surface area contributed by atoms with E-state index in [-0.39, 0.29) is 6.61 Å². The number of anilines is 3. The highest BCUT2D eigenvalue weighted by Gasteiger charge is 2.07. The predicted molar refractivity (Wildman–Crippen MR) is 99.1 cm³/mol. The molecule has 1 atom stereocenters. The van der Waals surface area contributed by atoms with Crippen LogP contribution in [0.1, 0.15) is 0 Å². The molecule has 0 saturated carbocycles. The summed E-state index contributed by atoms with van der Waals surface area (Å²) in [5.41, 5.74) is 0.848. The van der Waals surface area contributed by atoms with Crippen molar-refractivity contribution in [3.05, 3.63) is 34.9 Å². The Morgan fingerprint density at radius 3 is 2.62 bits per heavy atom. The number of hydrogen-bond acceptors (Lipinski definition) is 7. The van der Waals surface area contributed by atoms with E-state index < -0.39 is 6.10 Å². The first-order valence-corrected chi connectivity index (χ1v) is 8.30. The van der Waals surface area contributed by atoms with Crippen LogP contribution in [0.2, 0.25) is 0 Å². The molecule has 8 heteroatoms. The number of aromatic nitrogens is 2. The lowest BCUT2D eigenvalue weighted by Crippen LogP contribution is -2.30. The van der Waals surface area contributed by atoms with E-state index >= 15 is 0 Å². The average molecular weight is 396 g/mol. The Kier molecular flexibility index (Phi) is 6.77. The fourth-order valence-corrected chi connectivity index (χ4v) is 2.42. The number of aliphatic hydroxyl groups excluding tert-OH is 1. The summed E-state index contributed by atoms with van der Waals surface area (Å²) < 4.78 is 6.38. The van der Waals surface area contributed by atoms with Crippen molar-refractivity contribution in [1.29, 1.82) is 0 Å². The van der Waals surface area contributed by atoms with Crippen LogP contribution >= 0.6 is 15.9 Å². The molecule has 3 N–H and O–H groups in total. The Morgan fingerprint density at radius 2 is 2.00 bits per heavy atom. The van der Waals surface area contributed by atoms with Gasteiger partial charge in [-0.1, -0.05) is 0 Å². The molecule has 0 aliphatic carbocycles. The summed E-state index contributed by atoms with van der Waals surface area (Å²) >= 11 is 3.37. The average Bonchev–Trinajstić information content (AvgIpc) is 2.55. The number of nitrogens with one attached hydrogen (secondary N) is 2. The summed E-state index contributed by atoms with van der Waals surface area (Å²) in [6.07, 6.45) is 1.17. The molecule has 2 aromatic rings. The van der Waals surface area contributed by atoms with E-state index in [4.69, 9.17) is 4.74 Å². The number of hydrogen-bond donors (Lipinski definition) is 3. The number of benzene rings is 1. The van der Waals surface area contributed by atoms with Crippen LogP contribution in [0.25, 0.3) is 0 Å². The van der Waals surface area contributed by atoms with Gasteiger partial charge in [0.1, 0.15) is 24.3 Å². The highest BCUT2D eigenvalue weighted by molar-refractivity contribution is 9.10. The number of nitrogens with zero attached hydrogens (tertiary/aromatic N) is 3. The minimum absolute atomic E-state index is 0.256. The third-order valence-corrected chi connectivity index (χ3v) is 3.69. The Labute approximate surface area is 150 Å². The maximum atomic E-state index is 9.80. The predicted octanol–water partition coefficient (Wildman–Crippen LogP) is 2.33. The summed E-state index contributed by atoms with van der Waals surface area (Å²) in [5, 5.41) is 15.9. The summed E-state index contributed by atoms with van der Waals surface area (Å²) in [5.74, 6) is 1.91. The van der Waals surface area contributed by atoms with Gasteiger partial charge in [-0.15, -0.1) is 0 Å². The highest BCUT2D eigenvalue weighted by atomic mass is 79.9. The largest absolute Gasteiger partial charge is 0.491 e. The molecule has 1 aromatic carbocycles. The van der Waals surface area contributed by atoms with Gasteiger partial charge in [0.2, 0.25) is 5.95 Å². The maximum absolute atomic E-state index is 9.80. The molecule has 1 aromatic heterocycles. The molecule has 0 aliphatic heterocycles. The molecule has 2 rings (SSSR count). The van der Waals surface area contributed by atoms with Crippen LogP contribution in [0.15, 0.2) is 34.9 Å². The first kappa shape index (κ1) is 18.4. The van der Waals surface area contributed by atoms with Crippen molar-refractivity contribution in [3.8, 4) is 5.75 Å². The summed E-state index contributed by atoms with van der Waals surface area (Å²) in [6, 6.07) is 7.42. The van der Waals surface area contributed by atoms with Gasteiger partial charge in [-0.05, 0) is 54.3 Å². The van der Waals surface area contributed by atoms with Gasteiger partial charge in [-0.3, -0.25) is 0 Å². The molecular weight excluding hydrogens is 374 g/mol. The molecule has 130 valence electrons. The van der Waals surface area contributed by atoms with Crippen molar-refractivity contribution < 1.29 is 9.84 Å². The molecule has 0 fully saturated rings. The third-order valence-electron chi connectivity index (χ3n) is 3.11. The number of halogens is 1. The van der Waals surface area contributed by atoms with Crippen LogP contribution in [-0.4, -0.2) is 60.4 Å². The van der Waals surface area contributed by atoms with Crippen LogP contribution in [0.4, 0.5) is 17.5 Å². The Morgan fingerprint density at radius 1 is 1.29 bits per heavy atom. The maximum Gasteiger partial charge on any atom is 0.229 e. The molecule has 1 heterocycles. The fourth-order valence-electron chi connectivity index (χ4n) is 2.03. The van der Waals surface area contributed by atoms with Gasteiger partial charge >= 0.3 is 0 Å². The lowest BCUT2D eigenvalue weighted by Gasteiger charge is -2.16. The van der Waals surface area contributed by atoms with Crippen molar-refractivity contribution in [3.63, 3.8) is 0 Å². The first-order valence-electron chi connectivity index (χ1n) is 7.51. The number of aliphatic hydroxyl groups is 1. The first-order chi connectivity index (χ1) is 11.5. The summed E-state index contributed by atoms with van der Waals surface area (Å²) in [6.45, 7) is 0.820. The van der Waals surface area contributed by atoms with E-state index in [2.05, 4.69) is 36.5 Å². The van der Waals surface area contributed by atoms with Crippen molar-refractivity contribution >= 4 is 33.4 Å². The van der Waals surface area contributed by atoms with Crippen LogP contribution in [-0.2, 0) is 0 Å². The molecule has 0 bridgehead atoms. The normalized spacial score (nSPS) is 12.1. The molecule has 0 aliphatic rings. The number of rotatable bonds is 8. The van der Waals surface area contributed by atoms with Gasteiger partial charge in [-0.25, -0.2) is 4.98 Å². The van der Waals surface area contributed by atoms with Crippen molar-refractivity contribution in [2.24, 2.45) is 0 Å². The van der Waals surface area contributed by atoms with Gasteiger partial charge in [0, 0.05) is 25.5 Å². The number of ether oxygens (including phenoxy) is 1. The molecule has 0 spiro atoms. The van der Waals surface area contributed by atoms with E-state index in [1.807, 2.05) is 43.3 Å². The Hall–Kier alpha value is -1.90. The third kappa shape index (κ3) is 5.63. The minimum Gasteiger partial charge on any atom is -0.491 e.